The van der Waals surface area contributed by atoms with E-state index in [0.717, 1.165) is 45.0 Å². The summed E-state index contributed by atoms with van der Waals surface area (Å²) in [5, 5.41) is 3.22. The monoisotopic (exact) mass is 374 g/mol. The van der Waals surface area contributed by atoms with Crippen LogP contribution < -0.4 is 10.2 Å². The smallest absolute Gasteiger partial charge is 0.255 e. The molecule has 2 fully saturated rings. The highest BCUT2D eigenvalue weighted by Gasteiger charge is 2.24. The van der Waals surface area contributed by atoms with Crippen molar-refractivity contribution in [3.8, 4) is 0 Å². The van der Waals surface area contributed by atoms with Crippen molar-refractivity contribution in [3.63, 3.8) is 0 Å². The van der Waals surface area contributed by atoms with Crippen molar-refractivity contribution in [3.05, 3.63) is 23.9 Å². The van der Waals surface area contributed by atoms with Gasteiger partial charge in [0.1, 0.15) is 5.82 Å². The maximum absolute atomic E-state index is 12.6. The molecule has 24 heavy (non-hydrogen) atoms. The van der Waals surface area contributed by atoms with Crippen molar-refractivity contribution in [1.82, 2.24) is 15.2 Å². The van der Waals surface area contributed by atoms with Gasteiger partial charge in [0.15, 0.2) is 0 Å². The molecule has 0 saturated carbocycles. The predicted molar refractivity (Wildman–Crippen MR) is 103 cm³/mol. The minimum Gasteiger partial charge on any atom is -0.357 e. The second-order valence-electron chi connectivity index (χ2n) is 6.42. The Morgan fingerprint density at radius 1 is 1.21 bits per heavy atom. The van der Waals surface area contributed by atoms with E-state index >= 15 is 0 Å². The highest BCUT2D eigenvalue weighted by atomic mass is 35.5. The predicted octanol–water partition coefficient (Wildman–Crippen LogP) is 2.60. The third kappa shape index (κ3) is 4.98. The number of hydrogen-bond donors (Lipinski definition) is 1. The Balaban J connectivity index is 0.00000144. The number of pyridine rings is 1. The van der Waals surface area contributed by atoms with Gasteiger partial charge in [0.05, 0.1) is 5.56 Å². The van der Waals surface area contributed by atoms with Gasteiger partial charge < -0.3 is 15.1 Å². The molecule has 0 bridgehead atoms. The number of amides is 1. The van der Waals surface area contributed by atoms with Crippen LogP contribution in [0.2, 0.25) is 0 Å². The summed E-state index contributed by atoms with van der Waals surface area (Å²) in [4.78, 5) is 21.4. The summed E-state index contributed by atoms with van der Waals surface area (Å²) in [5.74, 6) is 1.70. The molecule has 1 unspecified atom stereocenters. The first-order valence-corrected chi connectivity index (χ1v) is 8.43. The summed E-state index contributed by atoms with van der Waals surface area (Å²) in [5.41, 5.74) is 0.716. The fourth-order valence-electron chi connectivity index (χ4n) is 3.53. The van der Waals surface area contributed by atoms with E-state index in [0.29, 0.717) is 11.5 Å². The summed E-state index contributed by atoms with van der Waals surface area (Å²) < 4.78 is 0. The lowest BCUT2D eigenvalue weighted by molar-refractivity contribution is 0.0674. The number of carbonyl (C=O) groups is 1. The lowest BCUT2D eigenvalue weighted by Crippen LogP contribution is -2.42. The van der Waals surface area contributed by atoms with Crippen molar-refractivity contribution < 1.29 is 4.79 Å². The van der Waals surface area contributed by atoms with Gasteiger partial charge in [0, 0.05) is 32.4 Å². The minimum atomic E-state index is 0. The molecule has 1 aromatic rings. The summed E-state index contributed by atoms with van der Waals surface area (Å²) in [6.07, 6.45) is 6.53. The van der Waals surface area contributed by atoms with Crippen molar-refractivity contribution in [2.45, 2.75) is 25.7 Å². The number of nitrogens with one attached hydrogen (secondary N) is 1. The van der Waals surface area contributed by atoms with E-state index in [1.165, 1.54) is 19.3 Å². The summed E-state index contributed by atoms with van der Waals surface area (Å²) in [6, 6.07) is 3.93. The highest BCUT2D eigenvalue weighted by Crippen LogP contribution is 2.20. The zero-order valence-electron chi connectivity index (χ0n) is 14.2. The molecule has 7 heteroatoms. The van der Waals surface area contributed by atoms with E-state index in [-0.39, 0.29) is 30.7 Å². The normalized spacial score (nSPS) is 20.3. The van der Waals surface area contributed by atoms with Crippen LogP contribution in [0.15, 0.2) is 18.3 Å². The molecular weight excluding hydrogens is 347 g/mol. The first-order chi connectivity index (χ1) is 10.8. The van der Waals surface area contributed by atoms with Crippen LogP contribution >= 0.6 is 24.8 Å². The molecule has 3 rings (SSSR count). The number of halogens is 2. The number of likely N-dealkylation sites (tertiary alicyclic amines) is 1. The fraction of sp³-hybridized carbons (Fsp3) is 0.647. The average molecular weight is 375 g/mol. The van der Waals surface area contributed by atoms with E-state index in [2.05, 4.69) is 15.2 Å². The fourth-order valence-corrected chi connectivity index (χ4v) is 3.53. The van der Waals surface area contributed by atoms with Crippen LogP contribution in [-0.2, 0) is 0 Å². The maximum atomic E-state index is 12.6. The Morgan fingerprint density at radius 2 is 1.96 bits per heavy atom. The van der Waals surface area contributed by atoms with Crippen LogP contribution in [0, 0.1) is 5.92 Å². The van der Waals surface area contributed by atoms with Crippen molar-refractivity contribution >= 4 is 36.5 Å². The van der Waals surface area contributed by atoms with E-state index < -0.39 is 0 Å². The van der Waals surface area contributed by atoms with Gasteiger partial charge in [-0.2, -0.15) is 0 Å². The number of carbonyl (C=O) groups excluding carboxylic acids is 1. The molecule has 3 heterocycles. The molecule has 5 nitrogen and oxygen atoms in total. The molecule has 1 atom stereocenters. The van der Waals surface area contributed by atoms with E-state index in [1.54, 1.807) is 6.20 Å². The van der Waals surface area contributed by atoms with Gasteiger partial charge in [-0.25, -0.2) is 4.98 Å². The zero-order chi connectivity index (χ0) is 15.4. The van der Waals surface area contributed by atoms with Crippen LogP contribution in [-0.4, -0.2) is 55.6 Å². The number of hydrogen-bond acceptors (Lipinski definition) is 4. The largest absolute Gasteiger partial charge is 0.357 e. The third-order valence-electron chi connectivity index (χ3n) is 4.72. The molecule has 1 amide bonds. The molecule has 0 spiro atoms. The van der Waals surface area contributed by atoms with Gasteiger partial charge in [-0.1, -0.05) is 0 Å². The molecule has 0 aliphatic carbocycles. The topological polar surface area (TPSA) is 48.5 Å². The van der Waals surface area contributed by atoms with Crippen LogP contribution in [0.4, 0.5) is 5.82 Å². The standard InChI is InChI=1S/C17H26N4O.2ClH/c1-18-11-14-5-4-10-21(13-14)17(22)15-6-7-16(19-12-15)20-8-2-3-9-20;;/h6-7,12,14,18H,2-5,8-11,13H2,1H3;2*1H. The highest BCUT2D eigenvalue weighted by molar-refractivity contribution is 5.94. The molecule has 2 aliphatic rings. The van der Waals surface area contributed by atoms with E-state index in [9.17, 15) is 4.79 Å². The van der Waals surface area contributed by atoms with E-state index in [1.807, 2.05) is 24.1 Å². The number of nitrogens with zero attached hydrogens (tertiary/aromatic N) is 3. The molecule has 0 aromatic carbocycles. The molecule has 2 aliphatic heterocycles. The van der Waals surface area contributed by atoms with Gasteiger partial charge in [-0.3, -0.25) is 4.79 Å². The summed E-state index contributed by atoms with van der Waals surface area (Å²) >= 11 is 0. The first kappa shape index (κ1) is 21.0. The Hall–Kier alpha value is -1.04. The maximum Gasteiger partial charge on any atom is 0.255 e. The number of rotatable bonds is 4. The third-order valence-corrected chi connectivity index (χ3v) is 4.72. The number of aromatic nitrogens is 1. The van der Waals surface area contributed by atoms with Gasteiger partial charge in [-0.05, 0) is 57.3 Å². The Kier molecular flexibility index (Phi) is 8.81. The van der Waals surface area contributed by atoms with Gasteiger partial charge in [0.2, 0.25) is 0 Å². The van der Waals surface area contributed by atoms with E-state index in [4.69, 9.17) is 0 Å². The summed E-state index contributed by atoms with van der Waals surface area (Å²) in [7, 11) is 1.97. The molecule has 0 radical (unpaired) electrons. The Labute approximate surface area is 157 Å². The number of anilines is 1. The Morgan fingerprint density at radius 3 is 2.58 bits per heavy atom. The lowest BCUT2D eigenvalue weighted by Gasteiger charge is -2.32. The zero-order valence-corrected chi connectivity index (χ0v) is 15.9. The Bertz CT molecular complexity index is 504. The molecule has 2 saturated heterocycles. The van der Waals surface area contributed by atoms with Crippen LogP contribution in [0.25, 0.3) is 0 Å². The van der Waals surface area contributed by atoms with Crippen LogP contribution in [0.3, 0.4) is 0 Å². The molecule has 1 N–H and O–H groups in total. The SMILES string of the molecule is CNCC1CCCN(C(=O)c2ccc(N3CCCC3)nc2)C1.Cl.Cl. The molecule has 1 aromatic heterocycles. The van der Waals surface area contributed by atoms with Crippen molar-refractivity contribution in [1.29, 1.82) is 0 Å². The van der Waals surface area contributed by atoms with Crippen molar-refractivity contribution in [2.24, 2.45) is 5.92 Å². The quantitative estimate of drug-likeness (QED) is 0.879. The van der Waals surface area contributed by atoms with Crippen LogP contribution in [0.5, 0.6) is 0 Å². The van der Waals surface area contributed by atoms with Gasteiger partial charge in [0.25, 0.3) is 5.91 Å². The second kappa shape index (κ2) is 10.1. The molecular formula is C17H28Cl2N4O. The number of piperidine rings is 1. The van der Waals surface area contributed by atoms with Gasteiger partial charge >= 0.3 is 0 Å². The minimum absolute atomic E-state index is 0. The average Bonchev–Trinajstić information content (AvgIpc) is 3.09. The first-order valence-electron chi connectivity index (χ1n) is 8.43. The van der Waals surface area contributed by atoms with Crippen LogP contribution in [0.1, 0.15) is 36.0 Å². The lowest BCUT2D eigenvalue weighted by atomic mass is 9.97. The van der Waals surface area contributed by atoms with Crippen molar-refractivity contribution in [2.75, 3.05) is 44.7 Å². The summed E-state index contributed by atoms with van der Waals surface area (Å²) in [6.45, 7) is 4.87. The van der Waals surface area contributed by atoms with Gasteiger partial charge in [-0.15, -0.1) is 24.8 Å². The molecule has 136 valence electrons. The second-order valence-corrected chi connectivity index (χ2v) is 6.42.